The van der Waals surface area contributed by atoms with Gasteiger partial charge in [-0.3, -0.25) is 0 Å². The summed E-state index contributed by atoms with van der Waals surface area (Å²) >= 11 is 0. The molecule has 5 aliphatic carbocycles. The highest BCUT2D eigenvalue weighted by atomic mass is 32.2. The van der Waals surface area contributed by atoms with Crippen LogP contribution >= 0.6 is 0 Å². The number of sulfonamides is 1. The Morgan fingerprint density at radius 3 is 1.95 bits per heavy atom. The first kappa shape index (κ1) is 14.5. The van der Waals surface area contributed by atoms with Crippen molar-refractivity contribution < 1.29 is 8.42 Å². The second-order valence-corrected chi connectivity index (χ2v) is 10.2. The second-order valence-electron chi connectivity index (χ2n) is 8.36. The Morgan fingerprint density at radius 1 is 0.810 bits per heavy atom. The van der Waals surface area contributed by atoms with Crippen LogP contribution < -0.4 is 4.72 Å². The highest BCUT2D eigenvalue weighted by Crippen LogP contribution is 2.53. The first-order valence-corrected chi connectivity index (χ1v) is 10.7. The van der Waals surface area contributed by atoms with Gasteiger partial charge < -0.3 is 0 Å². The van der Waals surface area contributed by atoms with Crippen LogP contribution in [0.5, 0.6) is 0 Å². The van der Waals surface area contributed by atoms with Crippen molar-refractivity contribution in [2.45, 2.75) is 70.3 Å². The van der Waals surface area contributed by atoms with E-state index in [0.717, 1.165) is 24.7 Å². The largest absolute Gasteiger partial charge is 0.212 e. The molecule has 4 heteroatoms. The minimum Gasteiger partial charge on any atom is -0.212 e. The zero-order chi connectivity index (χ0) is 14.4. The maximum atomic E-state index is 12.6. The Balaban J connectivity index is 1.40. The molecule has 0 saturated heterocycles. The summed E-state index contributed by atoms with van der Waals surface area (Å²) in [5, 5.41) is 0. The summed E-state index contributed by atoms with van der Waals surface area (Å²) in [6.07, 6.45) is 12.5. The molecule has 5 fully saturated rings. The average molecular weight is 311 g/mol. The molecule has 0 unspecified atom stereocenters. The molecule has 3 nitrogen and oxygen atoms in total. The van der Waals surface area contributed by atoms with Crippen molar-refractivity contribution in [3.05, 3.63) is 0 Å². The quantitative estimate of drug-likeness (QED) is 0.866. The summed E-state index contributed by atoms with van der Waals surface area (Å²) in [6.45, 7) is 0. The van der Waals surface area contributed by atoms with E-state index in [0.29, 0.717) is 23.5 Å². The summed E-state index contributed by atoms with van der Waals surface area (Å²) < 4.78 is 28.3. The lowest BCUT2D eigenvalue weighted by atomic mass is 9.54. The summed E-state index contributed by atoms with van der Waals surface area (Å²) in [6, 6.07) is 0.270. The Hall–Kier alpha value is -0.0900. The lowest BCUT2D eigenvalue weighted by molar-refractivity contribution is -0.00561. The Bertz CT molecular complexity index is 453. The Kier molecular flexibility index (Phi) is 3.81. The zero-order valence-corrected chi connectivity index (χ0v) is 13.8. The van der Waals surface area contributed by atoms with E-state index in [1.54, 1.807) is 0 Å². The van der Waals surface area contributed by atoms with E-state index in [-0.39, 0.29) is 6.04 Å². The predicted molar refractivity (Wildman–Crippen MR) is 84.3 cm³/mol. The van der Waals surface area contributed by atoms with Gasteiger partial charge in [-0.1, -0.05) is 19.3 Å². The number of nitrogens with one attached hydrogen (secondary N) is 1. The molecule has 0 amide bonds. The van der Waals surface area contributed by atoms with Crippen molar-refractivity contribution in [1.82, 2.24) is 4.72 Å². The molecular formula is C17H29NO2S. The summed E-state index contributed by atoms with van der Waals surface area (Å²) in [5.74, 6) is 3.89. The fourth-order valence-electron chi connectivity index (χ4n) is 6.04. The normalized spacial score (nSPS) is 43.3. The van der Waals surface area contributed by atoms with Crippen LogP contribution in [0.3, 0.4) is 0 Å². The molecule has 0 radical (unpaired) electrons. The average Bonchev–Trinajstić information content (AvgIpc) is 2.43. The minimum atomic E-state index is -3.08. The summed E-state index contributed by atoms with van der Waals surface area (Å²) in [7, 11) is -3.08. The smallest absolute Gasteiger partial charge is 0.212 e. The van der Waals surface area contributed by atoms with Crippen LogP contribution in [-0.2, 0) is 10.0 Å². The molecule has 5 saturated carbocycles. The molecular weight excluding hydrogens is 282 g/mol. The fraction of sp³-hybridized carbons (Fsp3) is 1.00. The van der Waals surface area contributed by atoms with Gasteiger partial charge in [-0.2, -0.15) is 0 Å². The van der Waals surface area contributed by atoms with Crippen LogP contribution in [0.4, 0.5) is 0 Å². The van der Waals surface area contributed by atoms with Gasteiger partial charge in [-0.25, -0.2) is 13.1 Å². The lowest BCUT2D eigenvalue weighted by Gasteiger charge is -2.54. The topological polar surface area (TPSA) is 46.2 Å². The van der Waals surface area contributed by atoms with Crippen LogP contribution in [-0.4, -0.2) is 20.2 Å². The van der Waals surface area contributed by atoms with E-state index in [9.17, 15) is 8.42 Å². The molecule has 4 bridgehead atoms. The fourth-order valence-corrected chi connectivity index (χ4v) is 7.89. The van der Waals surface area contributed by atoms with Crippen molar-refractivity contribution in [3.63, 3.8) is 0 Å². The first-order chi connectivity index (χ1) is 10.1. The van der Waals surface area contributed by atoms with Gasteiger partial charge in [-0.05, 0) is 74.5 Å². The molecule has 0 atom stereocenters. The summed E-state index contributed by atoms with van der Waals surface area (Å²) in [4.78, 5) is 0. The zero-order valence-electron chi connectivity index (χ0n) is 13.0. The van der Waals surface area contributed by atoms with Crippen LogP contribution in [0.15, 0.2) is 0 Å². The minimum absolute atomic E-state index is 0.270. The van der Waals surface area contributed by atoms with Crippen LogP contribution in [0.1, 0.15) is 64.2 Å². The van der Waals surface area contributed by atoms with E-state index < -0.39 is 10.0 Å². The van der Waals surface area contributed by atoms with Gasteiger partial charge >= 0.3 is 0 Å². The Morgan fingerprint density at radius 2 is 1.38 bits per heavy atom. The molecule has 0 aromatic heterocycles. The number of hydrogen-bond acceptors (Lipinski definition) is 2. The lowest BCUT2D eigenvalue weighted by Crippen LogP contribution is -2.56. The number of hydrogen-bond donors (Lipinski definition) is 1. The third-order valence-electron chi connectivity index (χ3n) is 6.72. The molecule has 0 aromatic rings. The Labute approximate surface area is 129 Å². The van der Waals surface area contributed by atoms with Crippen molar-refractivity contribution in [3.8, 4) is 0 Å². The van der Waals surface area contributed by atoms with E-state index in [4.69, 9.17) is 0 Å². The molecule has 0 aliphatic heterocycles. The standard InChI is InChI=1S/C17H29NO2S/c19-21(20,11-12-4-2-1-3-5-12)18-17-15-7-13-6-14(9-15)10-16(17)8-13/h12-18H,1-11H2. The number of rotatable bonds is 4. The van der Waals surface area contributed by atoms with E-state index in [1.807, 2.05) is 0 Å². The van der Waals surface area contributed by atoms with Gasteiger partial charge in [0.2, 0.25) is 10.0 Å². The van der Waals surface area contributed by atoms with E-state index >= 15 is 0 Å². The van der Waals surface area contributed by atoms with Crippen molar-refractivity contribution in [2.75, 3.05) is 5.75 Å². The van der Waals surface area contributed by atoms with Crippen molar-refractivity contribution in [1.29, 1.82) is 0 Å². The van der Waals surface area contributed by atoms with Gasteiger partial charge in [-0.15, -0.1) is 0 Å². The van der Waals surface area contributed by atoms with Gasteiger partial charge in [0.1, 0.15) is 0 Å². The molecule has 0 spiro atoms. The van der Waals surface area contributed by atoms with Gasteiger partial charge in [0.15, 0.2) is 0 Å². The maximum absolute atomic E-state index is 12.6. The van der Waals surface area contributed by atoms with Gasteiger partial charge in [0.05, 0.1) is 5.75 Å². The third kappa shape index (κ3) is 3.03. The third-order valence-corrected chi connectivity index (χ3v) is 8.26. The van der Waals surface area contributed by atoms with Gasteiger partial charge in [0.25, 0.3) is 0 Å². The van der Waals surface area contributed by atoms with Crippen LogP contribution in [0, 0.1) is 29.6 Å². The van der Waals surface area contributed by atoms with Crippen molar-refractivity contribution >= 4 is 10.0 Å². The molecule has 0 aromatic carbocycles. The summed E-state index contributed by atoms with van der Waals surface area (Å²) in [5.41, 5.74) is 0. The van der Waals surface area contributed by atoms with E-state index in [1.165, 1.54) is 51.4 Å². The highest BCUT2D eigenvalue weighted by molar-refractivity contribution is 7.89. The molecule has 120 valence electrons. The highest BCUT2D eigenvalue weighted by Gasteiger charge is 2.49. The molecule has 5 rings (SSSR count). The molecule has 5 aliphatic rings. The SMILES string of the molecule is O=S(=O)(CC1CCCCC1)NC1C2CC3CC(C2)CC1C3. The van der Waals surface area contributed by atoms with Crippen molar-refractivity contribution in [2.24, 2.45) is 29.6 Å². The van der Waals surface area contributed by atoms with Crippen LogP contribution in [0.2, 0.25) is 0 Å². The first-order valence-electron chi connectivity index (χ1n) is 9.09. The maximum Gasteiger partial charge on any atom is 0.212 e. The van der Waals surface area contributed by atoms with Gasteiger partial charge in [0, 0.05) is 6.04 Å². The van der Waals surface area contributed by atoms with E-state index in [2.05, 4.69) is 4.72 Å². The molecule has 1 N–H and O–H groups in total. The molecule has 0 heterocycles. The molecule has 21 heavy (non-hydrogen) atoms. The van der Waals surface area contributed by atoms with Crippen LogP contribution in [0.25, 0.3) is 0 Å². The second kappa shape index (κ2) is 5.52. The monoisotopic (exact) mass is 311 g/mol. The predicted octanol–water partition coefficient (Wildman–Crippen LogP) is 3.31.